The van der Waals surface area contributed by atoms with Crippen LogP contribution in [0.1, 0.15) is 22.3 Å². The Kier molecular flexibility index (Phi) is 7.55. The molecule has 1 aliphatic heterocycles. The van der Waals surface area contributed by atoms with Gasteiger partial charge in [0, 0.05) is 0 Å². The summed E-state index contributed by atoms with van der Waals surface area (Å²) >= 11 is 6.78. The van der Waals surface area contributed by atoms with Crippen molar-refractivity contribution in [3.8, 4) is 17.2 Å². The molecule has 0 atom stereocenters. The van der Waals surface area contributed by atoms with Gasteiger partial charge < -0.3 is 14.2 Å². The van der Waals surface area contributed by atoms with Gasteiger partial charge in [-0.05, 0) is 54.0 Å². The number of nitrogens with zero attached hydrogens (tertiary/aromatic N) is 1. The lowest BCUT2D eigenvalue weighted by Gasteiger charge is -2.14. The Hall–Kier alpha value is -3.29. The number of benzene rings is 3. The zero-order valence-electron chi connectivity index (χ0n) is 19.2. The third-order valence-corrected chi connectivity index (χ3v) is 6.75. The summed E-state index contributed by atoms with van der Waals surface area (Å²) in [5.74, 6) is 1.92. The Morgan fingerprint density at radius 1 is 0.912 bits per heavy atom. The molecule has 5 nitrogen and oxygen atoms in total. The van der Waals surface area contributed by atoms with Crippen LogP contribution >= 0.6 is 24.0 Å². The molecule has 174 valence electrons. The second-order valence-electron chi connectivity index (χ2n) is 7.80. The molecule has 1 aliphatic rings. The van der Waals surface area contributed by atoms with Crippen LogP contribution in [0.5, 0.6) is 17.2 Å². The summed E-state index contributed by atoms with van der Waals surface area (Å²) in [5, 5.41) is 0. The summed E-state index contributed by atoms with van der Waals surface area (Å²) < 4.78 is 17.2. The zero-order chi connectivity index (χ0) is 24.1. The van der Waals surface area contributed by atoms with E-state index in [1.54, 1.807) is 19.1 Å². The highest BCUT2D eigenvalue weighted by Gasteiger charge is 2.32. The van der Waals surface area contributed by atoms with Crippen molar-refractivity contribution in [2.45, 2.75) is 20.1 Å². The number of hydrogen-bond donors (Lipinski definition) is 0. The molecule has 7 heteroatoms. The van der Waals surface area contributed by atoms with E-state index in [0.29, 0.717) is 33.9 Å². The Bertz CT molecular complexity index is 1220. The number of carbonyl (C=O) groups excluding carboxylic acids is 1. The summed E-state index contributed by atoms with van der Waals surface area (Å²) in [4.78, 5) is 15.2. The molecule has 4 rings (SSSR count). The van der Waals surface area contributed by atoms with Gasteiger partial charge in [0.2, 0.25) is 0 Å². The van der Waals surface area contributed by atoms with E-state index in [1.807, 2.05) is 60.7 Å². The van der Waals surface area contributed by atoms with Crippen molar-refractivity contribution in [3.63, 3.8) is 0 Å². The Balaban J connectivity index is 1.46. The smallest absolute Gasteiger partial charge is 0.266 e. The second kappa shape index (κ2) is 10.8. The predicted molar refractivity (Wildman–Crippen MR) is 140 cm³/mol. The molecule has 3 aromatic rings. The number of methoxy groups -OCH3 is 2. The molecule has 0 radical (unpaired) electrons. The monoisotopic (exact) mass is 491 g/mol. The van der Waals surface area contributed by atoms with Gasteiger partial charge in [-0.1, -0.05) is 72.0 Å². The predicted octanol–water partition coefficient (Wildman–Crippen LogP) is 5.99. The quantitative estimate of drug-likeness (QED) is 0.285. The van der Waals surface area contributed by atoms with E-state index in [9.17, 15) is 4.79 Å². The standard InChI is InChI=1S/C27H25NO4S2/c1-18-4-6-20(7-5-18)17-32-23-13-10-21(14-24(23)31-3)15-25-26(29)28(27(33)34-25)16-19-8-11-22(30-2)12-9-19/h4-15H,16-17H2,1-3H3. The number of hydrogen-bond acceptors (Lipinski definition) is 6. The summed E-state index contributed by atoms with van der Waals surface area (Å²) in [6, 6.07) is 21.4. The number of rotatable bonds is 8. The highest BCUT2D eigenvalue weighted by Crippen LogP contribution is 2.35. The summed E-state index contributed by atoms with van der Waals surface area (Å²) in [5.41, 5.74) is 4.11. The summed E-state index contributed by atoms with van der Waals surface area (Å²) in [6.07, 6.45) is 1.83. The van der Waals surface area contributed by atoms with Crippen LogP contribution in [0.15, 0.2) is 71.6 Å². The topological polar surface area (TPSA) is 48.0 Å². The maximum Gasteiger partial charge on any atom is 0.266 e. The van der Waals surface area contributed by atoms with E-state index >= 15 is 0 Å². The van der Waals surface area contributed by atoms with E-state index in [-0.39, 0.29) is 5.91 Å². The molecule has 1 fully saturated rings. The summed E-state index contributed by atoms with van der Waals surface area (Å²) in [6.45, 7) is 2.92. The minimum Gasteiger partial charge on any atom is -0.497 e. The van der Waals surface area contributed by atoms with Crippen molar-refractivity contribution in [3.05, 3.63) is 93.9 Å². The first-order valence-corrected chi connectivity index (χ1v) is 11.9. The van der Waals surface area contributed by atoms with E-state index in [0.717, 1.165) is 22.4 Å². The number of aryl methyl sites for hydroxylation is 1. The van der Waals surface area contributed by atoms with Gasteiger partial charge in [0.25, 0.3) is 5.91 Å². The van der Waals surface area contributed by atoms with Crippen LogP contribution in [0.4, 0.5) is 0 Å². The SMILES string of the molecule is COc1ccc(CN2C(=O)C(=Cc3ccc(OCc4ccc(C)cc4)c(OC)c3)SC2=S)cc1. The third-order valence-electron chi connectivity index (χ3n) is 5.37. The fourth-order valence-corrected chi connectivity index (χ4v) is 4.69. The van der Waals surface area contributed by atoms with Gasteiger partial charge in [0.1, 0.15) is 16.7 Å². The van der Waals surface area contributed by atoms with Crippen LogP contribution in [0.3, 0.4) is 0 Å². The van der Waals surface area contributed by atoms with Crippen LogP contribution in [0.25, 0.3) is 6.08 Å². The maximum atomic E-state index is 13.0. The van der Waals surface area contributed by atoms with E-state index in [1.165, 1.54) is 17.3 Å². The first-order chi connectivity index (χ1) is 16.5. The Morgan fingerprint density at radius 3 is 2.29 bits per heavy atom. The Labute approximate surface area is 209 Å². The molecule has 0 saturated carbocycles. The van der Waals surface area contributed by atoms with Crippen molar-refractivity contribution in [2.24, 2.45) is 0 Å². The van der Waals surface area contributed by atoms with E-state index < -0.39 is 0 Å². The van der Waals surface area contributed by atoms with Gasteiger partial charge in [-0.25, -0.2) is 0 Å². The number of amides is 1. The van der Waals surface area contributed by atoms with Gasteiger partial charge >= 0.3 is 0 Å². The molecule has 0 aromatic heterocycles. The van der Waals surface area contributed by atoms with Gasteiger partial charge in [-0.3, -0.25) is 9.69 Å². The van der Waals surface area contributed by atoms with Gasteiger partial charge in [0.05, 0.1) is 25.7 Å². The molecule has 0 unspecified atom stereocenters. The van der Waals surface area contributed by atoms with Crippen molar-refractivity contribution < 1.29 is 19.0 Å². The fourth-order valence-electron chi connectivity index (χ4n) is 3.44. The van der Waals surface area contributed by atoms with Crippen LogP contribution in [-0.2, 0) is 17.9 Å². The number of thioether (sulfide) groups is 1. The first kappa shape index (κ1) is 23.9. The molecule has 0 N–H and O–H groups in total. The molecule has 0 spiro atoms. The maximum absolute atomic E-state index is 13.0. The second-order valence-corrected chi connectivity index (χ2v) is 9.48. The van der Waals surface area contributed by atoms with Crippen LogP contribution in [-0.4, -0.2) is 29.3 Å². The highest BCUT2D eigenvalue weighted by molar-refractivity contribution is 8.26. The van der Waals surface area contributed by atoms with Crippen LogP contribution in [0.2, 0.25) is 0 Å². The van der Waals surface area contributed by atoms with E-state index in [4.69, 9.17) is 26.4 Å². The number of carbonyl (C=O) groups is 1. The third kappa shape index (κ3) is 5.61. The summed E-state index contributed by atoms with van der Waals surface area (Å²) in [7, 11) is 3.23. The molecule has 0 aliphatic carbocycles. The lowest BCUT2D eigenvalue weighted by atomic mass is 10.1. The molecular formula is C27H25NO4S2. The average Bonchev–Trinajstić information content (AvgIpc) is 3.11. The van der Waals surface area contributed by atoms with Crippen LogP contribution < -0.4 is 14.2 Å². The van der Waals surface area contributed by atoms with Crippen molar-refractivity contribution >= 4 is 40.3 Å². The molecule has 1 heterocycles. The molecule has 1 amide bonds. The van der Waals surface area contributed by atoms with Crippen LogP contribution in [0, 0.1) is 6.92 Å². The van der Waals surface area contributed by atoms with Crippen molar-refractivity contribution in [1.29, 1.82) is 0 Å². The lowest BCUT2D eigenvalue weighted by molar-refractivity contribution is -0.122. The van der Waals surface area contributed by atoms with Gasteiger partial charge in [0.15, 0.2) is 11.5 Å². The molecule has 3 aromatic carbocycles. The fraction of sp³-hybridized carbons (Fsp3) is 0.185. The number of thiocarbonyl (C=S) groups is 1. The molecule has 0 bridgehead atoms. The highest BCUT2D eigenvalue weighted by atomic mass is 32.2. The Morgan fingerprint density at radius 2 is 1.62 bits per heavy atom. The van der Waals surface area contributed by atoms with Crippen molar-refractivity contribution in [1.82, 2.24) is 4.90 Å². The minimum atomic E-state index is -0.107. The first-order valence-electron chi connectivity index (χ1n) is 10.7. The zero-order valence-corrected chi connectivity index (χ0v) is 20.9. The largest absolute Gasteiger partial charge is 0.497 e. The lowest BCUT2D eigenvalue weighted by Crippen LogP contribution is -2.27. The minimum absolute atomic E-state index is 0.107. The molecule has 34 heavy (non-hydrogen) atoms. The van der Waals surface area contributed by atoms with Gasteiger partial charge in [-0.15, -0.1) is 0 Å². The normalized spacial score (nSPS) is 14.6. The van der Waals surface area contributed by atoms with E-state index in [2.05, 4.69) is 19.1 Å². The van der Waals surface area contributed by atoms with Gasteiger partial charge in [-0.2, -0.15) is 0 Å². The molecule has 1 saturated heterocycles. The number of ether oxygens (including phenoxy) is 3. The average molecular weight is 492 g/mol. The van der Waals surface area contributed by atoms with Crippen molar-refractivity contribution in [2.75, 3.05) is 14.2 Å². The molecular weight excluding hydrogens is 466 g/mol.